The number of nitrogens with zero attached hydrogens (tertiary/aromatic N) is 1. The Morgan fingerprint density at radius 3 is 2.78 bits per heavy atom. The van der Waals surface area contributed by atoms with Crippen molar-refractivity contribution in [3.05, 3.63) is 50.4 Å². The number of carbonyl (C=O) groups excluding carboxylic acids is 1. The SMILES string of the molecule is CC(NC(=O)c1ccc(Cl)nc1Cl)c1cccs1. The summed E-state index contributed by atoms with van der Waals surface area (Å²) in [5.41, 5.74) is 0.324. The van der Waals surface area contributed by atoms with Gasteiger partial charge >= 0.3 is 0 Å². The third-order valence-corrected chi connectivity index (χ3v) is 3.93. The number of thiophene rings is 1. The fourth-order valence-electron chi connectivity index (χ4n) is 1.46. The van der Waals surface area contributed by atoms with Crippen molar-refractivity contribution in [3.8, 4) is 0 Å². The maximum absolute atomic E-state index is 12.0. The maximum atomic E-state index is 12.0. The van der Waals surface area contributed by atoms with E-state index >= 15 is 0 Å². The number of rotatable bonds is 3. The van der Waals surface area contributed by atoms with Gasteiger partial charge in [0.05, 0.1) is 11.6 Å². The van der Waals surface area contributed by atoms with E-state index < -0.39 is 0 Å². The van der Waals surface area contributed by atoms with Gasteiger partial charge in [0.1, 0.15) is 10.3 Å². The molecule has 1 atom stereocenters. The summed E-state index contributed by atoms with van der Waals surface area (Å²) in [4.78, 5) is 16.9. The monoisotopic (exact) mass is 300 g/mol. The van der Waals surface area contributed by atoms with E-state index in [1.807, 2.05) is 24.4 Å². The molecular formula is C12H10Cl2N2OS. The van der Waals surface area contributed by atoms with Crippen LogP contribution in [-0.4, -0.2) is 10.9 Å². The molecule has 0 fully saturated rings. The lowest BCUT2D eigenvalue weighted by atomic mass is 10.2. The molecule has 0 radical (unpaired) electrons. The molecule has 1 unspecified atom stereocenters. The molecule has 0 aliphatic heterocycles. The van der Waals surface area contributed by atoms with E-state index in [1.54, 1.807) is 17.4 Å². The lowest BCUT2D eigenvalue weighted by Gasteiger charge is -2.12. The highest BCUT2D eigenvalue weighted by Crippen LogP contribution is 2.21. The molecular weight excluding hydrogens is 291 g/mol. The zero-order valence-corrected chi connectivity index (χ0v) is 11.8. The summed E-state index contributed by atoms with van der Waals surface area (Å²) in [7, 11) is 0. The topological polar surface area (TPSA) is 42.0 Å². The van der Waals surface area contributed by atoms with Crippen molar-refractivity contribution in [1.29, 1.82) is 0 Å². The second kappa shape index (κ2) is 5.69. The summed E-state index contributed by atoms with van der Waals surface area (Å²) in [6.07, 6.45) is 0. The number of hydrogen-bond acceptors (Lipinski definition) is 3. The smallest absolute Gasteiger partial charge is 0.254 e. The van der Waals surface area contributed by atoms with Gasteiger partial charge < -0.3 is 5.32 Å². The predicted octanol–water partition coefficient (Wildman–Crippen LogP) is 3.94. The molecule has 6 heteroatoms. The van der Waals surface area contributed by atoms with Crippen molar-refractivity contribution >= 4 is 40.4 Å². The molecule has 1 N–H and O–H groups in total. The molecule has 1 amide bonds. The van der Waals surface area contributed by atoms with Crippen LogP contribution in [0.5, 0.6) is 0 Å². The number of carbonyl (C=O) groups is 1. The highest BCUT2D eigenvalue weighted by atomic mass is 35.5. The second-order valence-corrected chi connectivity index (χ2v) is 5.41. The van der Waals surface area contributed by atoms with E-state index in [1.165, 1.54) is 6.07 Å². The van der Waals surface area contributed by atoms with Crippen LogP contribution in [0.1, 0.15) is 28.2 Å². The lowest BCUT2D eigenvalue weighted by Crippen LogP contribution is -2.26. The summed E-state index contributed by atoms with van der Waals surface area (Å²) >= 11 is 13.2. The van der Waals surface area contributed by atoms with Crippen molar-refractivity contribution in [1.82, 2.24) is 10.3 Å². The Morgan fingerprint density at radius 2 is 2.17 bits per heavy atom. The Labute approximate surface area is 119 Å². The lowest BCUT2D eigenvalue weighted by molar-refractivity contribution is 0.0940. The number of pyridine rings is 1. The highest BCUT2D eigenvalue weighted by molar-refractivity contribution is 7.10. The number of halogens is 2. The second-order valence-electron chi connectivity index (χ2n) is 3.68. The van der Waals surface area contributed by atoms with E-state index in [0.29, 0.717) is 5.56 Å². The first-order valence-corrected chi connectivity index (χ1v) is 6.88. The van der Waals surface area contributed by atoms with Crippen LogP contribution < -0.4 is 5.32 Å². The van der Waals surface area contributed by atoms with Gasteiger partial charge in [-0.2, -0.15) is 0 Å². The van der Waals surface area contributed by atoms with Gasteiger partial charge in [0.15, 0.2) is 0 Å². The minimum Gasteiger partial charge on any atom is -0.345 e. The zero-order chi connectivity index (χ0) is 13.1. The third-order valence-electron chi connectivity index (χ3n) is 2.38. The fourth-order valence-corrected chi connectivity index (χ4v) is 2.63. The molecule has 0 saturated carbocycles. The van der Waals surface area contributed by atoms with Gasteiger partial charge in [-0.25, -0.2) is 4.98 Å². The predicted molar refractivity (Wildman–Crippen MR) is 74.5 cm³/mol. The van der Waals surface area contributed by atoms with Crippen molar-refractivity contribution in [2.24, 2.45) is 0 Å². The summed E-state index contributed by atoms with van der Waals surface area (Å²) in [5.74, 6) is -0.259. The summed E-state index contributed by atoms with van der Waals surface area (Å²) in [6, 6.07) is 6.95. The van der Waals surface area contributed by atoms with Crippen LogP contribution in [0, 0.1) is 0 Å². The van der Waals surface area contributed by atoms with E-state index in [-0.39, 0.29) is 22.3 Å². The van der Waals surface area contributed by atoms with Crippen molar-refractivity contribution < 1.29 is 4.79 Å². The van der Waals surface area contributed by atoms with Crippen molar-refractivity contribution in [2.75, 3.05) is 0 Å². The van der Waals surface area contributed by atoms with Crippen LogP contribution in [0.25, 0.3) is 0 Å². The molecule has 0 aliphatic rings. The van der Waals surface area contributed by atoms with Crippen molar-refractivity contribution in [2.45, 2.75) is 13.0 Å². The van der Waals surface area contributed by atoms with Crippen LogP contribution in [0.2, 0.25) is 10.3 Å². The fraction of sp³-hybridized carbons (Fsp3) is 0.167. The Hall–Kier alpha value is -1.10. The molecule has 0 aromatic carbocycles. The molecule has 0 aliphatic carbocycles. The summed E-state index contributed by atoms with van der Waals surface area (Å²) in [5, 5.41) is 5.21. The van der Waals surface area contributed by atoms with Crippen LogP contribution in [-0.2, 0) is 0 Å². The van der Waals surface area contributed by atoms with Crippen LogP contribution >= 0.6 is 34.5 Å². The minimum atomic E-state index is -0.259. The number of amides is 1. The molecule has 0 bridgehead atoms. The average molecular weight is 301 g/mol. The molecule has 18 heavy (non-hydrogen) atoms. The third kappa shape index (κ3) is 3.02. The van der Waals surface area contributed by atoms with Gasteiger partial charge in [-0.3, -0.25) is 4.79 Å². The number of hydrogen-bond donors (Lipinski definition) is 1. The zero-order valence-electron chi connectivity index (χ0n) is 9.48. The molecule has 0 saturated heterocycles. The van der Waals surface area contributed by atoms with Crippen LogP contribution in [0.3, 0.4) is 0 Å². The van der Waals surface area contributed by atoms with Gasteiger partial charge in [-0.15, -0.1) is 11.3 Å². The Kier molecular flexibility index (Phi) is 4.22. The Morgan fingerprint density at radius 1 is 1.39 bits per heavy atom. The highest BCUT2D eigenvalue weighted by Gasteiger charge is 2.15. The van der Waals surface area contributed by atoms with Gasteiger partial charge in [-0.05, 0) is 30.5 Å². The summed E-state index contributed by atoms with van der Waals surface area (Å²) < 4.78 is 0. The van der Waals surface area contributed by atoms with Gasteiger partial charge in [0, 0.05) is 4.88 Å². The largest absolute Gasteiger partial charge is 0.345 e. The van der Waals surface area contributed by atoms with Gasteiger partial charge in [-0.1, -0.05) is 29.3 Å². The van der Waals surface area contributed by atoms with Crippen LogP contribution in [0.4, 0.5) is 0 Å². The molecule has 94 valence electrons. The first-order valence-electron chi connectivity index (χ1n) is 5.24. The molecule has 2 heterocycles. The normalized spacial score (nSPS) is 12.2. The average Bonchev–Trinajstić information content (AvgIpc) is 2.81. The van der Waals surface area contributed by atoms with Crippen LogP contribution in [0.15, 0.2) is 29.6 Å². The quantitative estimate of drug-likeness (QED) is 0.872. The van der Waals surface area contributed by atoms with E-state index in [0.717, 1.165) is 4.88 Å². The molecule has 3 nitrogen and oxygen atoms in total. The number of nitrogens with one attached hydrogen (secondary N) is 1. The van der Waals surface area contributed by atoms with Gasteiger partial charge in [0.2, 0.25) is 0 Å². The number of aromatic nitrogens is 1. The summed E-state index contributed by atoms with van der Waals surface area (Å²) in [6.45, 7) is 1.92. The molecule has 0 spiro atoms. The van der Waals surface area contributed by atoms with E-state index in [9.17, 15) is 4.79 Å². The van der Waals surface area contributed by atoms with Crippen molar-refractivity contribution in [3.63, 3.8) is 0 Å². The Bertz CT molecular complexity index is 557. The standard InChI is InChI=1S/C12H10Cl2N2OS/c1-7(9-3-2-6-18-9)15-12(17)8-4-5-10(13)16-11(8)14/h2-7H,1H3,(H,15,17). The Balaban J connectivity index is 2.12. The molecule has 2 aromatic rings. The van der Waals surface area contributed by atoms with E-state index in [4.69, 9.17) is 23.2 Å². The maximum Gasteiger partial charge on any atom is 0.254 e. The first kappa shape index (κ1) is 13.3. The first-order chi connectivity index (χ1) is 8.58. The van der Waals surface area contributed by atoms with Gasteiger partial charge in [0.25, 0.3) is 5.91 Å². The molecule has 2 aromatic heterocycles. The molecule has 2 rings (SSSR count). The minimum absolute atomic E-state index is 0.0655. The van der Waals surface area contributed by atoms with E-state index in [2.05, 4.69) is 10.3 Å².